The predicted molar refractivity (Wildman–Crippen MR) is 38.4 cm³/mol. The Kier molecular flexibility index (Phi) is 2.12. The second-order valence-electron chi connectivity index (χ2n) is 3.21. The Bertz CT molecular complexity index is 90.6. The summed E-state index contributed by atoms with van der Waals surface area (Å²) in [6, 6.07) is 0. The van der Waals surface area contributed by atoms with Gasteiger partial charge in [0.2, 0.25) is 0 Å². The van der Waals surface area contributed by atoms with Crippen molar-refractivity contribution in [1.82, 2.24) is 0 Å². The van der Waals surface area contributed by atoms with Crippen molar-refractivity contribution in [2.45, 2.75) is 45.8 Å². The standard InChI is InChI=1S/C8H16O/c1-6-4-5-7(2)9-8(6)3/h6-8H,4-5H2,1-3H3/t6?,7-,8+/m1/s1. The van der Waals surface area contributed by atoms with Crippen molar-refractivity contribution in [3.8, 4) is 0 Å². The van der Waals surface area contributed by atoms with Crippen LogP contribution in [0.5, 0.6) is 0 Å². The first-order chi connectivity index (χ1) is 4.20. The van der Waals surface area contributed by atoms with E-state index in [9.17, 15) is 0 Å². The molecule has 1 saturated heterocycles. The smallest absolute Gasteiger partial charge is 0.0576 e. The van der Waals surface area contributed by atoms with Gasteiger partial charge in [0.25, 0.3) is 0 Å². The van der Waals surface area contributed by atoms with Gasteiger partial charge in [-0.1, -0.05) is 6.92 Å². The molecule has 1 heterocycles. The van der Waals surface area contributed by atoms with Gasteiger partial charge < -0.3 is 4.74 Å². The highest BCUT2D eigenvalue weighted by Gasteiger charge is 2.21. The highest BCUT2D eigenvalue weighted by atomic mass is 16.5. The van der Waals surface area contributed by atoms with Gasteiger partial charge in [-0.2, -0.15) is 0 Å². The molecular formula is C8H16O. The molecule has 9 heavy (non-hydrogen) atoms. The molecule has 1 aliphatic heterocycles. The lowest BCUT2D eigenvalue weighted by atomic mass is 9.95. The topological polar surface area (TPSA) is 9.23 Å². The maximum atomic E-state index is 5.60. The van der Waals surface area contributed by atoms with Gasteiger partial charge in [0.1, 0.15) is 0 Å². The zero-order chi connectivity index (χ0) is 6.85. The van der Waals surface area contributed by atoms with E-state index in [1.165, 1.54) is 12.8 Å². The van der Waals surface area contributed by atoms with Crippen LogP contribution in [0.4, 0.5) is 0 Å². The molecule has 3 atom stereocenters. The quantitative estimate of drug-likeness (QED) is 0.486. The van der Waals surface area contributed by atoms with E-state index in [2.05, 4.69) is 20.8 Å². The van der Waals surface area contributed by atoms with E-state index in [4.69, 9.17) is 4.74 Å². The van der Waals surface area contributed by atoms with Crippen molar-refractivity contribution >= 4 is 0 Å². The summed E-state index contributed by atoms with van der Waals surface area (Å²) in [6.45, 7) is 6.58. The van der Waals surface area contributed by atoms with Crippen molar-refractivity contribution < 1.29 is 4.74 Å². The molecule has 0 amide bonds. The fourth-order valence-corrected chi connectivity index (χ4v) is 1.30. The van der Waals surface area contributed by atoms with E-state index in [1.54, 1.807) is 0 Å². The number of hydrogen-bond acceptors (Lipinski definition) is 1. The van der Waals surface area contributed by atoms with Gasteiger partial charge in [0.05, 0.1) is 12.2 Å². The molecule has 0 saturated carbocycles. The lowest BCUT2D eigenvalue weighted by Crippen LogP contribution is -2.29. The first-order valence-corrected chi connectivity index (χ1v) is 3.85. The number of rotatable bonds is 0. The van der Waals surface area contributed by atoms with E-state index < -0.39 is 0 Å². The number of hydrogen-bond donors (Lipinski definition) is 0. The van der Waals surface area contributed by atoms with E-state index in [0.717, 1.165) is 5.92 Å². The summed E-state index contributed by atoms with van der Waals surface area (Å²) < 4.78 is 5.60. The number of ether oxygens (including phenoxy) is 1. The van der Waals surface area contributed by atoms with Crippen LogP contribution in [0.15, 0.2) is 0 Å². The van der Waals surface area contributed by atoms with Crippen molar-refractivity contribution in [1.29, 1.82) is 0 Å². The normalized spacial score (nSPS) is 45.0. The van der Waals surface area contributed by atoms with Crippen LogP contribution in [-0.4, -0.2) is 12.2 Å². The molecule has 0 N–H and O–H groups in total. The van der Waals surface area contributed by atoms with Crippen molar-refractivity contribution in [2.75, 3.05) is 0 Å². The highest BCUT2D eigenvalue weighted by Crippen LogP contribution is 2.23. The molecular weight excluding hydrogens is 112 g/mol. The van der Waals surface area contributed by atoms with E-state index >= 15 is 0 Å². The molecule has 1 aliphatic rings. The summed E-state index contributed by atoms with van der Waals surface area (Å²) in [5.41, 5.74) is 0. The summed E-state index contributed by atoms with van der Waals surface area (Å²) in [6.07, 6.45) is 3.55. The third kappa shape index (κ3) is 1.68. The van der Waals surface area contributed by atoms with Gasteiger partial charge in [-0.25, -0.2) is 0 Å². The summed E-state index contributed by atoms with van der Waals surface area (Å²) in [4.78, 5) is 0. The third-order valence-corrected chi connectivity index (χ3v) is 2.28. The van der Waals surface area contributed by atoms with Crippen molar-refractivity contribution in [2.24, 2.45) is 5.92 Å². The third-order valence-electron chi connectivity index (χ3n) is 2.28. The van der Waals surface area contributed by atoms with Crippen LogP contribution in [0.2, 0.25) is 0 Å². The molecule has 0 aromatic heterocycles. The Labute approximate surface area is 57.4 Å². The Balaban J connectivity index is 2.35. The molecule has 1 fully saturated rings. The molecule has 1 unspecified atom stereocenters. The Morgan fingerprint density at radius 1 is 1.11 bits per heavy atom. The van der Waals surface area contributed by atoms with Gasteiger partial charge in [0, 0.05) is 0 Å². The Morgan fingerprint density at radius 3 is 2.22 bits per heavy atom. The van der Waals surface area contributed by atoms with E-state index in [0.29, 0.717) is 12.2 Å². The molecule has 0 spiro atoms. The fourth-order valence-electron chi connectivity index (χ4n) is 1.30. The molecule has 0 bridgehead atoms. The molecule has 0 aromatic rings. The zero-order valence-corrected chi connectivity index (χ0v) is 6.55. The molecule has 0 aromatic carbocycles. The van der Waals surface area contributed by atoms with E-state index in [1.807, 2.05) is 0 Å². The largest absolute Gasteiger partial charge is 0.375 e. The summed E-state index contributed by atoms with van der Waals surface area (Å²) in [5, 5.41) is 0. The van der Waals surface area contributed by atoms with Crippen LogP contribution in [-0.2, 0) is 4.74 Å². The lowest BCUT2D eigenvalue weighted by molar-refractivity contribution is -0.0594. The minimum absolute atomic E-state index is 0.480. The van der Waals surface area contributed by atoms with Crippen molar-refractivity contribution in [3.05, 3.63) is 0 Å². The van der Waals surface area contributed by atoms with Crippen LogP contribution in [0.1, 0.15) is 33.6 Å². The average molecular weight is 128 g/mol. The van der Waals surface area contributed by atoms with Crippen molar-refractivity contribution in [3.63, 3.8) is 0 Å². The zero-order valence-electron chi connectivity index (χ0n) is 6.55. The summed E-state index contributed by atoms with van der Waals surface area (Å²) in [5.74, 6) is 0.765. The average Bonchev–Trinajstić information content (AvgIpc) is 1.80. The molecule has 0 radical (unpaired) electrons. The van der Waals surface area contributed by atoms with E-state index in [-0.39, 0.29) is 0 Å². The van der Waals surface area contributed by atoms with Gasteiger partial charge in [0.15, 0.2) is 0 Å². The van der Waals surface area contributed by atoms with Gasteiger partial charge in [-0.15, -0.1) is 0 Å². The minimum Gasteiger partial charge on any atom is -0.375 e. The second-order valence-corrected chi connectivity index (χ2v) is 3.21. The predicted octanol–water partition coefficient (Wildman–Crippen LogP) is 2.21. The SMILES string of the molecule is CC1CC[C@@H](C)O[C@H]1C. The molecule has 1 nitrogen and oxygen atoms in total. The van der Waals surface area contributed by atoms with Crippen LogP contribution in [0.25, 0.3) is 0 Å². The molecule has 54 valence electrons. The maximum absolute atomic E-state index is 5.60. The monoisotopic (exact) mass is 128 g/mol. The fraction of sp³-hybridized carbons (Fsp3) is 1.00. The Morgan fingerprint density at radius 2 is 1.78 bits per heavy atom. The van der Waals surface area contributed by atoms with Gasteiger partial charge >= 0.3 is 0 Å². The summed E-state index contributed by atoms with van der Waals surface area (Å²) in [7, 11) is 0. The highest BCUT2D eigenvalue weighted by molar-refractivity contribution is 4.70. The van der Waals surface area contributed by atoms with Crippen LogP contribution >= 0.6 is 0 Å². The first kappa shape index (κ1) is 7.07. The van der Waals surface area contributed by atoms with Crippen LogP contribution < -0.4 is 0 Å². The maximum Gasteiger partial charge on any atom is 0.0576 e. The van der Waals surface area contributed by atoms with Crippen LogP contribution in [0, 0.1) is 5.92 Å². The van der Waals surface area contributed by atoms with Gasteiger partial charge in [-0.3, -0.25) is 0 Å². The minimum atomic E-state index is 0.480. The first-order valence-electron chi connectivity index (χ1n) is 3.85. The molecule has 1 rings (SSSR count). The molecule has 1 heteroatoms. The second kappa shape index (κ2) is 2.70. The van der Waals surface area contributed by atoms with Crippen LogP contribution in [0.3, 0.4) is 0 Å². The Hall–Kier alpha value is -0.0400. The lowest BCUT2D eigenvalue weighted by Gasteiger charge is -2.30. The molecule has 0 aliphatic carbocycles. The van der Waals surface area contributed by atoms with Gasteiger partial charge in [-0.05, 0) is 32.6 Å². The summed E-state index contributed by atoms with van der Waals surface area (Å²) >= 11 is 0.